The van der Waals surface area contributed by atoms with Gasteiger partial charge < -0.3 is 25.2 Å². The summed E-state index contributed by atoms with van der Waals surface area (Å²) in [4.78, 5) is 40.9. The Morgan fingerprint density at radius 1 is 0.973 bits per heavy atom. The number of likely N-dealkylation sites (N-methyl/N-ethyl adjacent to an activating group) is 2. The summed E-state index contributed by atoms with van der Waals surface area (Å²) in [5, 5.41) is 6.59. The molecule has 0 spiro atoms. The van der Waals surface area contributed by atoms with Crippen LogP contribution in [0.25, 0.3) is 11.3 Å². The number of benzene rings is 3. The van der Waals surface area contributed by atoms with Crippen molar-refractivity contribution in [3.8, 4) is 0 Å². The van der Waals surface area contributed by atoms with Crippen LogP contribution in [0, 0.1) is 0 Å². The highest BCUT2D eigenvalue weighted by molar-refractivity contribution is 6.38. The highest BCUT2D eigenvalue weighted by Crippen LogP contribution is 2.39. The predicted molar refractivity (Wildman–Crippen MR) is 147 cm³/mol. The van der Waals surface area contributed by atoms with Crippen molar-refractivity contribution in [2.75, 3.05) is 50.3 Å². The Morgan fingerprint density at radius 2 is 1.70 bits per heavy atom. The van der Waals surface area contributed by atoms with Gasteiger partial charge in [0.15, 0.2) is 0 Å². The minimum absolute atomic E-state index is 0.0924. The normalized spacial score (nSPS) is 13.6. The molecular formula is C28H27ClN4O4. The van der Waals surface area contributed by atoms with E-state index in [1.165, 1.54) is 12.0 Å². The van der Waals surface area contributed by atoms with Gasteiger partial charge in [-0.1, -0.05) is 48.0 Å². The van der Waals surface area contributed by atoms with Crippen LogP contribution in [0.5, 0.6) is 0 Å². The molecule has 2 amide bonds. The van der Waals surface area contributed by atoms with Gasteiger partial charge in [0.2, 0.25) is 5.91 Å². The molecule has 3 aromatic carbocycles. The monoisotopic (exact) mass is 518 g/mol. The lowest BCUT2D eigenvalue weighted by atomic mass is 9.99. The number of esters is 1. The highest BCUT2D eigenvalue weighted by Gasteiger charge is 2.29. The van der Waals surface area contributed by atoms with Crippen molar-refractivity contribution in [3.63, 3.8) is 0 Å². The van der Waals surface area contributed by atoms with E-state index >= 15 is 0 Å². The van der Waals surface area contributed by atoms with Crippen molar-refractivity contribution >= 4 is 57.7 Å². The van der Waals surface area contributed by atoms with Gasteiger partial charge in [0, 0.05) is 18.3 Å². The smallest absolute Gasteiger partial charge is 0.337 e. The zero-order valence-corrected chi connectivity index (χ0v) is 21.7. The van der Waals surface area contributed by atoms with Crippen molar-refractivity contribution in [3.05, 3.63) is 88.4 Å². The van der Waals surface area contributed by atoms with Gasteiger partial charge in [-0.3, -0.25) is 9.59 Å². The Kier molecular flexibility index (Phi) is 7.61. The third kappa shape index (κ3) is 5.50. The summed E-state index contributed by atoms with van der Waals surface area (Å²) in [6.45, 7) is 0.253. The number of methoxy groups -OCH3 is 1. The molecule has 0 atom stereocenters. The lowest BCUT2D eigenvalue weighted by Crippen LogP contribution is -2.35. The fraction of sp³-hybridized carbons (Fsp3) is 0.179. The second kappa shape index (κ2) is 10.9. The first-order valence-electron chi connectivity index (χ1n) is 11.5. The van der Waals surface area contributed by atoms with Crippen LogP contribution in [0.1, 0.15) is 21.5 Å². The molecule has 1 aliphatic heterocycles. The molecule has 190 valence electrons. The highest BCUT2D eigenvalue weighted by atomic mass is 35.5. The van der Waals surface area contributed by atoms with Crippen LogP contribution in [0.2, 0.25) is 5.02 Å². The van der Waals surface area contributed by atoms with E-state index in [1.54, 1.807) is 48.3 Å². The topological polar surface area (TPSA) is 91.0 Å². The SMILES string of the molecule is COC(=O)c1ccc2c(c1)NC(=O)C2=C(Nc1ccc(N(C)C(=O)CN(C)C)c(Cl)c1)c1ccccc1. The van der Waals surface area contributed by atoms with Crippen LogP contribution < -0.4 is 15.5 Å². The third-order valence-corrected chi connectivity index (χ3v) is 6.20. The Balaban J connectivity index is 1.75. The number of nitrogens with one attached hydrogen (secondary N) is 2. The van der Waals surface area contributed by atoms with Crippen LogP contribution >= 0.6 is 11.6 Å². The maximum Gasteiger partial charge on any atom is 0.337 e. The predicted octanol–water partition coefficient (Wildman–Crippen LogP) is 4.58. The van der Waals surface area contributed by atoms with Crippen molar-refractivity contribution < 1.29 is 19.1 Å². The van der Waals surface area contributed by atoms with Crippen LogP contribution in [0.4, 0.5) is 17.1 Å². The maximum absolute atomic E-state index is 13.2. The summed E-state index contributed by atoms with van der Waals surface area (Å²) < 4.78 is 4.80. The Morgan fingerprint density at radius 3 is 2.35 bits per heavy atom. The Bertz CT molecular complexity index is 1400. The van der Waals surface area contributed by atoms with Gasteiger partial charge in [-0.15, -0.1) is 0 Å². The number of hydrogen-bond acceptors (Lipinski definition) is 6. The molecule has 0 saturated heterocycles. The molecule has 37 heavy (non-hydrogen) atoms. The van der Waals surface area contributed by atoms with Crippen molar-refractivity contribution in [2.45, 2.75) is 0 Å². The molecule has 0 unspecified atom stereocenters. The largest absolute Gasteiger partial charge is 0.465 e. The first-order chi connectivity index (χ1) is 17.7. The van der Waals surface area contributed by atoms with Gasteiger partial charge in [-0.25, -0.2) is 4.79 Å². The van der Waals surface area contributed by atoms with Crippen molar-refractivity contribution in [1.29, 1.82) is 0 Å². The fourth-order valence-corrected chi connectivity index (χ4v) is 4.37. The summed E-state index contributed by atoms with van der Waals surface area (Å²) in [5.74, 6) is -0.884. The minimum Gasteiger partial charge on any atom is -0.465 e. The number of ether oxygens (including phenoxy) is 1. The molecule has 4 rings (SSSR count). The first-order valence-corrected chi connectivity index (χ1v) is 11.9. The Labute approximate surface area is 220 Å². The van der Waals surface area contributed by atoms with E-state index in [9.17, 15) is 14.4 Å². The third-order valence-electron chi connectivity index (χ3n) is 5.90. The molecule has 0 bridgehead atoms. The number of carbonyl (C=O) groups is 3. The number of anilines is 3. The summed E-state index contributed by atoms with van der Waals surface area (Å²) in [7, 11) is 6.64. The van der Waals surface area contributed by atoms with Gasteiger partial charge in [-0.05, 0) is 50.0 Å². The Hall–Kier alpha value is -4.14. The van der Waals surface area contributed by atoms with E-state index in [-0.39, 0.29) is 18.4 Å². The molecule has 3 aromatic rings. The number of fused-ring (bicyclic) bond motifs is 1. The van der Waals surface area contributed by atoms with Gasteiger partial charge in [0.05, 0.1) is 46.9 Å². The average Bonchev–Trinajstić information content (AvgIpc) is 3.21. The number of amides is 2. The maximum atomic E-state index is 13.2. The number of hydrogen-bond donors (Lipinski definition) is 2. The molecule has 8 nitrogen and oxygen atoms in total. The van der Waals surface area contributed by atoms with E-state index in [0.29, 0.717) is 44.5 Å². The van der Waals surface area contributed by atoms with Crippen LogP contribution in [0.3, 0.4) is 0 Å². The number of carbonyl (C=O) groups excluding carboxylic acids is 3. The number of rotatable bonds is 7. The van der Waals surface area contributed by atoms with E-state index in [1.807, 2.05) is 44.4 Å². The van der Waals surface area contributed by atoms with E-state index in [4.69, 9.17) is 16.3 Å². The molecule has 9 heteroatoms. The van der Waals surface area contributed by atoms with Crippen LogP contribution in [0.15, 0.2) is 66.7 Å². The number of nitrogens with zero attached hydrogens (tertiary/aromatic N) is 2. The quantitative estimate of drug-likeness (QED) is 0.351. The average molecular weight is 519 g/mol. The standard InChI is InChI=1S/C28H27ClN4O4/c1-32(2)16-24(34)33(3)23-13-11-19(15-21(23)29)30-26(17-8-6-5-7-9-17)25-20-12-10-18(28(36)37-4)14-22(20)31-27(25)35/h5-15,30H,16H2,1-4H3,(H,31,35). The second-order valence-electron chi connectivity index (χ2n) is 8.80. The van der Waals surface area contributed by atoms with Crippen molar-refractivity contribution in [1.82, 2.24) is 4.90 Å². The van der Waals surface area contributed by atoms with E-state index < -0.39 is 5.97 Å². The van der Waals surface area contributed by atoms with Gasteiger partial charge in [-0.2, -0.15) is 0 Å². The molecule has 1 heterocycles. The zero-order chi connectivity index (χ0) is 26.7. The molecule has 0 fully saturated rings. The summed E-state index contributed by atoms with van der Waals surface area (Å²) >= 11 is 6.58. The van der Waals surface area contributed by atoms with Gasteiger partial charge >= 0.3 is 5.97 Å². The fourth-order valence-electron chi connectivity index (χ4n) is 4.06. The van der Waals surface area contributed by atoms with Crippen LogP contribution in [-0.4, -0.2) is 57.5 Å². The second-order valence-corrected chi connectivity index (χ2v) is 9.21. The molecule has 1 aliphatic rings. The lowest BCUT2D eigenvalue weighted by Gasteiger charge is -2.22. The van der Waals surface area contributed by atoms with Crippen molar-refractivity contribution in [2.24, 2.45) is 0 Å². The minimum atomic E-state index is -0.486. The van der Waals surface area contributed by atoms with Gasteiger partial charge in [0.25, 0.3) is 5.91 Å². The number of halogens is 1. The molecule has 0 aromatic heterocycles. The lowest BCUT2D eigenvalue weighted by molar-refractivity contribution is -0.119. The molecule has 0 radical (unpaired) electrons. The van der Waals surface area contributed by atoms with Gasteiger partial charge in [0.1, 0.15) is 0 Å². The molecule has 0 aliphatic carbocycles. The zero-order valence-electron chi connectivity index (χ0n) is 21.0. The summed E-state index contributed by atoms with van der Waals surface area (Å²) in [6.07, 6.45) is 0. The summed E-state index contributed by atoms with van der Waals surface area (Å²) in [6, 6.07) is 19.7. The van der Waals surface area contributed by atoms with E-state index in [0.717, 1.165) is 5.56 Å². The van der Waals surface area contributed by atoms with E-state index in [2.05, 4.69) is 10.6 Å². The van der Waals surface area contributed by atoms with Crippen LogP contribution in [-0.2, 0) is 14.3 Å². The molecule has 2 N–H and O–H groups in total. The molecule has 0 saturated carbocycles. The summed E-state index contributed by atoms with van der Waals surface area (Å²) in [5.41, 5.74) is 4.52. The molecular weight excluding hydrogens is 492 g/mol. The first kappa shape index (κ1) is 25.9.